The van der Waals surface area contributed by atoms with Gasteiger partial charge in [0.25, 0.3) is 0 Å². The summed E-state index contributed by atoms with van der Waals surface area (Å²) in [4.78, 5) is 0. The molecule has 86 valence electrons. The van der Waals surface area contributed by atoms with Gasteiger partial charge in [0, 0.05) is 11.9 Å². The number of hydrogen-bond donors (Lipinski definition) is 2. The van der Waals surface area contributed by atoms with E-state index >= 15 is 0 Å². The largest absolute Gasteiger partial charge is 1.00 e. The fourth-order valence-corrected chi connectivity index (χ4v) is 1.92. The topological polar surface area (TPSA) is 73.5 Å². The molecule has 0 saturated carbocycles. The van der Waals surface area contributed by atoms with E-state index in [1.807, 2.05) is 25.7 Å². The average molecular weight is 243 g/mol. The number of nitrogens with zero attached hydrogens (tertiary/aromatic N) is 1. The molecule has 0 atom stereocenters. The van der Waals surface area contributed by atoms with E-state index in [0.717, 1.165) is 0 Å². The van der Waals surface area contributed by atoms with Gasteiger partial charge in [-0.25, -0.2) is 5.26 Å². The SMILES string of the molecule is C[Si](C)(C)O[C-](C#N)c1ccc(O)cc1O.[Li+]. The molecule has 0 fully saturated rings. The molecule has 1 aromatic carbocycles. The smallest absolute Gasteiger partial charge is 0.565 e. The van der Waals surface area contributed by atoms with Crippen molar-refractivity contribution in [2.24, 2.45) is 0 Å². The average Bonchev–Trinajstić information content (AvgIpc) is 2.13. The van der Waals surface area contributed by atoms with Crippen LogP contribution >= 0.6 is 0 Å². The molecule has 0 spiro atoms. The van der Waals surface area contributed by atoms with Gasteiger partial charge in [0.15, 0.2) is 8.32 Å². The molecule has 0 aliphatic carbocycles. The Morgan fingerprint density at radius 2 is 1.88 bits per heavy atom. The number of phenolic OH excluding ortho intramolecular Hbond substituents is 2. The number of phenols is 2. The maximum Gasteiger partial charge on any atom is 1.00 e. The number of benzene rings is 1. The molecule has 0 bridgehead atoms. The van der Waals surface area contributed by atoms with Gasteiger partial charge in [0.1, 0.15) is 0 Å². The molecule has 0 aliphatic rings. The Hall–Kier alpha value is -1.05. The second-order valence-electron chi connectivity index (χ2n) is 4.36. The molecule has 1 rings (SSSR count). The van der Waals surface area contributed by atoms with Crippen LogP contribution in [0, 0.1) is 17.4 Å². The van der Waals surface area contributed by atoms with Gasteiger partial charge in [0.05, 0.1) is 11.8 Å². The van der Waals surface area contributed by atoms with Crippen LogP contribution in [0.5, 0.6) is 11.5 Å². The predicted octanol–water partition coefficient (Wildman–Crippen LogP) is -0.643. The molecule has 17 heavy (non-hydrogen) atoms. The second kappa shape index (κ2) is 6.04. The third-order valence-corrected chi connectivity index (χ3v) is 2.55. The molecule has 0 amide bonds. The van der Waals surface area contributed by atoms with Gasteiger partial charge in [-0.05, 0) is 25.7 Å². The van der Waals surface area contributed by atoms with E-state index < -0.39 is 8.32 Å². The first-order valence-electron chi connectivity index (χ1n) is 4.82. The van der Waals surface area contributed by atoms with Crippen LogP contribution in [0.2, 0.25) is 19.6 Å². The number of rotatable bonds is 3. The molecular weight excluding hydrogens is 229 g/mol. The fourth-order valence-electron chi connectivity index (χ4n) is 1.16. The fraction of sp³-hybridized carbons (Fsp3) is 0.273. The summed E-state index contributed by atoms with van der Waals surface area (Å²) < 4.78 is 5.55. The minimum Gasteiger partial charge on any atom is -0.565 e. The minimum absolute atomic E-state index is 0. The Balaban J connectivity index is 0.00000256. The minimum atomic E-state index is -1.89. The Kier molecular flexibility index (Phi) is 5.67. The quantitative estimate of drug-likeness (QED) is 0.547. The first kappa shape index (κ1) is 16.0. The van der Waals surface area contributed by atoms with Crippen LogP contribution in [0.4, 0.5) is 0 Å². The van der Waals surface area contributed by atoms with E-state index in [0.29, 0.717) is 5.56 Å². The van der Waals surface area contributed by atoms with Crippen LogP contribution in [-0.4, -0.2) is 18.5 Å². The van der Waals surface area contributed by atoms with Crippen LogP contribution in [-0.2, 0) is 4.43 Å². The molecular formula is C11H14LiNO3Si. The molecule has 0 aromatic heterocycles. The van der Waals surface area contributed by atoms with Gasteiger partial charge < -0.3 is 14.6 Å². The standard InChI is InChI=1S/C11H14NO3Si.Li/c1-16(2,3)15-11(7-12)9-5-4-8(13)6-10(9)14;/h4-6,13-14H,1-3H3;/q-1;+1. The van der Waals surface area contributed by atoms with Crippen molar-refractivity contribution in [2.45, 2.75) is 19.6 Å². The van der Waals surface area contributed by atoms with Gasteiger partial charge >= 0.3 is 18.9 Å². The number of nitriles is 1. The molecule has 4 nitrogen and oxygen atoms in total. The number of hydrogen-bond acceptors (Lipinski definition) is 4. The zero-order valence-corrected chi connectivity index (χ0v) is 11.5. The molecule has 0 saturated heterocycles. The van der Waals surface area contributed by atoms with E-state index in [2.05, 4.69) is 0 Å². The van der Waals surface area contributed by atoms with Crippen molar-refractivity contribution in [3.05, 3.63) is 29.9 Å². The van der Waals surface area contributed by atoms with Crippen molar-refractivity contribution >= 4 is 8.32 Å². The van der Waals surface area contributed by atoms with E-state index in [1.165, 1.54) is 18.2 Å². The van der Waals surface area contributed by atoms with Crippen LogP contribution in [0.1, 0.15) is 5.56 Å². The zero-order chi connectivity index (χ0) is 12.3. The van der Waals surface area contributed by atoms with Crippen molar-refractivity contribution < 1.29 is 33.5 Å². The third-order valence-electron chi connectivity index (χ3n) is 1.74. The van der Waals surface area contributed by atoms with Gasteiger partial charge in [-0.1, -0.05) is 6.07 Å². The Morgan fingerprint density at radius 3 is 2.29 bits per heavy atom. The summed E-state index contributed by atoms with van der Waals surface area (Å²) in [6, 6.07) is 5.97. The summed E-state index contributed by atoms with van der Waals surface area (Å²) in [5.41, 5.74) is 0.308. The van der Waals surface area contributed by atoms with Crippen LogP contribution in [0.25, 0.3) is 0 Å². The summed E-state index contributed by atoms with van der Waals surface area (Å²) in [6.45, 7) is 5.84. The first-order valence-corrected chi connectivity index (χ1v) is 8.23. The second-order valence-corrected chi connectivity index (χ2v) is 8.79. The third kappa shape index (κ3) is 4.76. The molecule has 6 heteroatoms. The first-order chi connectivity index (χ1) is 7.33. The Morgan fingerprint density at radius 1 is 1.29 bits per heavy atom. The van der Waals surface area contributed by atoms with Gasteiger partial charge in [-0.2, -0.15) is 6.07 Å². The van der Waals surface area contributed by atoms with Crippen molar-refractivity contribution in [2.75, 3.05) is 0 Å². The van der Waals surface area contributed by atoms with E-state index in [1.54, 1.807) is 0 Å². The Bertz CT molecular complexity index is 426. The predicted molar refractivity (Wildman–Crippen MR) is 62.2 cm³/mol. The summed E-state index contributed by atoms with van der Waals surface area (Å²) in [5.74, 6) is -0.207. The molecule has 0 unspecified atom stereocenters. The summed E-state index contributed by atoms with van der Waals surface area (Å²) in [6.07, 6.45) is 0.0941. The van der Waals surface area contributed by atoms with Crippen LogP contribution < -0.4 is 18.9 Å². The molecule has 1 aromatic rings. The normalized spacial score (nSPS) is 10.2. The maximum atomic E-state index is 9.59. The van der Waals surface area contributed by atoms with Crippen molar-refractivity contribution in [1.82, 2.24) is 0 Å². The van der Waals surface area contributed by atoms with Gasteiger partial charge in [0.2, 0.25) is 0 Å². The molecule has 2 N–H and O–H groups in total. The van der Waals surface area contributed by atoms with Crippen molar-refractivity contribution in [3.8, 4) is 17.6 Å². The van der Waals surface area contributed by atoms with Crippen LogP contribution in [0.15, 0.2) is 18.2 Å². The van der Waals surface area contributed by atoms with Crippen molar-refractivity contribution in [3.63, 3.8) is 0 Å². The summed E-state index contributed by atoms with van der Waals surface area (Å²) in [7, 11) is -1.89. The Labute approximate surface area is 114 Å². The molecule has 0 heterocycles. The van der Waals surface area contributed by atoms with E-state index in [4.69, 9.17) is 14.8 Å². The molecule has 0 radical (unpaired) electrons. The summed E-state index contributed by atoms with van der Waals surface area (Å²) >= 11 is 0. The summed E-state index contributed by atoms with van der Waals surface area (Å²) in [5, 5.41) is 27.7. The van der Waals surface area contributed by atoms with Gasteiger partial charge in [-0.15, -0.1) is 5.56 Å². The van der Waals surface area contributed by atoms with Gasteiger partial charge in [-0.3, -0.25) is 0 Å². The zero-order valence-electron chi connectivity index (χ0n) is 10.5. The van der Waals surface area contributed by atoms with E-state index in [9.17, 15) is 5.11 Å². The van der Waals surface area contributed by atoms with Crippen molar-refractivity contribution in [1.29, 1.82) is 5.26 Å². The van der Waals surface area contributed by atoms with Crippen LogP contribution in [0.3, 0.4) is 0 Å². The monoisotopic (exact) mass is 243 g/mol. The molecule has 0 aliphatic heterocycles. The maximum absolute atomic E-state index is 9.59. The van der Waals surface area contributed by atoms with E-state index in [-0.39, 0.29) is 36.5 Å². The number of aromatic hydroxyl groups is 2.